The van der Waals surface area contributed by atoms with E-state index in [1.165, 1.54) is 33.3 Å². The smallest absolute Gasteiger partial charge is 0.490 e. The summed E-state index contributed by atoms with van der Waals surface area (Å²) in [5.41, 5.74) is 2.55. The molecule has 13 heteroatoms. The van der Waals surface area contributed by atoms with Crippen LogP contribution in [0.4, 0.5) is 18.3 Å². The number of methoxy groups -OCH3 is 1. The lowest BCUT2D eigenvalue weighted by Gasteiger charge is -2.13. The standard InChI is InChI=1S/C15H14N4O3S.C2HF3O2/c1-22-9-4-2-8-3-5-11(10(8)6-9)17-15-18-19-7-16-12(14(20)21)13(19)23-15;3-2(4,5)1(6)7/h2,4,6-7,11H,3,5H2,1H3,(H,17,18)(H,20,21);(H,6,7). The van der Waals surface area contributed by atoms with E-state index in [2.05, 4.69) is 21.5 Å². The van der Waals surface area contributed by atoms with Gasteiger partial charge in [-0.25, -0.2) is 19.1 Å². The summed E-state index contributed by atoms with van der Waals surface area (Å²) in [6.07, 6.45) is -1.68. The second-order valence-corrected chi connectivity index (χ2v) is 7.14. The number of benzene rings is 1. The first-order valence-electron chi connectivity index (χ1n) is 8.41. The molecule has 3 N–H and O–H groups in total. The van der Waals surface area contributed by atoms with Gasteiger partial charge in [0.25, 0.3) is 0 Å². The van der Waals surface area contributed by atoms with Crippen molar-refractivity contribution in [2.45, 2.75) is 25.1 Å². The Morgan fingerprint density at radius 3 is 2.63 bits per heavy atom. The molecule has 0 fully saturated rings. The zero-order chi connectivity index (χ0) is 22.1. The Balaban J connectivity index is 0.000000318. The molecule has 160 valence electrons. The maximum atomic E-state index is 11.1. The SMILES string of the molecule is COc1ccc2c(c1)C(Nc1nn3cnc(C(=O)O)c3s1)CC2.O=C(O)C(F)(F)F. The summed E-state index contributed by atoms with van der Waals surface area (Å²) in [4.78, 5) is 24.4. The molecule has 3 aromatic rings. The van der Waals surface area contributed by atoms with Gasteiger partial charge in [-0.3, -0.25) is 0 Å². The van der Waals surface area contributed by atoms with Crippen LogP contribution in [0, 0.1) is 0 Å². The van der Waals surface area contributed by atoms with E-state index in [0.29, 0.717) is 9.96 Å². The van der Waals surface area contributed by atoms with Crippen LogP contribution in [0.2, 0.25) is 0 Å². The van der Waals surface area contributed by atoms with Gasteiger partial charge in [-0.2, -0.15) is 13.2 Å². The van der Waals surface area contributed by atoms with Crippen LogP contribution in [-0.2, 0) is 11.2 Å². The maximum Gasteiger partial charge on any atom is 0.490 e. The molecule has 1 atom stereocenters. The third-order valence-corrected chi connectivity index (χ3v) is 5.24. The Kier molecular flexibility index (Phi) is 5.82. The Hall–Kier alpha value is -3.35. The van der Waals surface area contributed by atoms with Gasteiger partial charge in [-0.1, -0.05) is 17.4 Å². The van der Waals surface area contributed by atoms with E-state index in [9.17, 15) is 18.0 Å². The van der Waals surface area contributed by atoms with E-state index in [-0.39, 0.29) is 11.7 Å². The summed E-state index contributed by atoms with van der Waals surface area (Å²) < 4.78 is 38.5. The Morgan fingerprint density at radius 2 is 2.03 bits per heavy atom. The predicted octanol–water partition coefficient (Wildman–Crippen LogP) is 3.23. The van der Waals surface area contributed by atoms with E-state index in [4.69, 9.17) is 19.7 Å². The highest BCUT2D eigenvalue weighted by Crippen LogP contribution is 2.37. The Morgan fingerprint density at radius 1 is 1.33 bits per heavy atom. The van der Waals surface area contributed by atoms with Crippen LogP contribution >= 0.6 is 11.3 Å². The van der Waals surface area contributed by atoms with Crippen LogP contribution in [0.15, 0.2) is 24.5 Å². The van der Waals surface area contributed by atoms with Gasteiger partial charge < -0.3 is 20.3 Å². The van der Waals surface area contributed by atoms with E-state index in [1.54, 1.807) is 7.11 Å². The highest BCUT2D eigenvalue weighted by molar-refractivity contribution is 7.21. The number of fused-ring (bicyclic) bond motifs is 2. The molecule has 30 heavy (non-hydrogen) atoms. The number of alkyl halides is 3. The number of ether oxygens (including phenoxy) is 1. The van der Waals surface area contributed by atoms with Crippen LogP contribution in [-0.4, -0.2) is 50.0 Å². The quantitative estimate of drug-likeness (QED) is 0.560. The van der Waals surface area contributed by atoms with Crippen molar-refractivity contribution in [2.24, 2.45) is 0 Å². The third-order valence-electron chi connectivity index (χ3n) is 4.27. The maximum absolute atomic E-state index is 11.1. The number of imidazole rings is 1. The number of hydrogen-bond acceptors (Lipinski definition) is 7. The molecule has 0 bridgehead atoms. The molecular weight excluding hydrogens is 429 g/mol. The molecule has 1 unspecified atom stereocenters. The van der Waals surface area contributed by atoms with Crippen molar-refractivity contribution < 1.29 is 37.7 Å². The minimum absolute atomic E-state index is 0.0315. The fraction of sp³-hybridized carbons (Fsp3) is 0.294. The largest absolute Gasteiger partial charge is 0.497 e. The summed E-state index contributed by atoms with van der Waals surface area (Å²) in [7, 11) is 1.66. The minimum atomic E-state index is -5.08. The summed E-state index contributed by atoms with van der Waals surface area (Å²) in [5, 5.41) is 24.7. The number of rotatable bonds is 4. The lowest BCUT2D eigenvalue weighted by atomic mass is 10.1. The third kappa shape index (κ3) is 4.45. The zero-order valence-electron chi connectivity index (χ0n) is 15.3. The molecular formula is C17H15F3N4O5S. The average Bonchev–Trinajstić information content (AvgIpc) is 3.35. The molecule has 9 nitrogen and oxygen atoms in total. The van der Waals surface area contributed by atoms with Crippen molar-refractivity contribution in [3.8, 4) is 5.75 Å². The van der Waals surface area contributed by atoms with E-state index >= 15 is 0 Å². The first-order valence-corrected chi connectivity index (χ1v) is 9.22. The van der Waals surface area contributed by atoms with Crippen molar-refractivity contribution in [3.05, 3.63) is 41.3 Å². The van der Waals surface area contributed by atoms with Crippen LogP contribution in [0.5, 0.6) is 5.75 Å². The van der Waals surface area contributed by atoms with Crippen molar-refractivity contribution in [2.75, 3.05) is 12.4 Å². The number of nitrogens with zero attached hydrogens (tertiary/aromatic N) is 3. The van der Waals surface area contributed by atoms with Crippen molar-refractivity contribution in [3.63, 3.8) is 0 Å². The molecule has 0 saturated heterocycles. The molecule has 0 aliphatic heterocycles. The van der Waals surface area contributed by atoms with Gasteiger partial charge in [-0.05, 0) is 36.1 Å². The molecule has 0 amide bonds. The zero-order valence-corrected chi connectivity index (χ0v) is 16.1. The van der Waals surface area contributed by atoms with Gasteiger partial charge in [0.05, 0.1) is 13.2 Å². The first kappa shape index (κ1) is 21.4. The van der Waals surface area contributed by atoms with Crippen molar-refractivity contribution >= 4 is 33.2 Å². The molecule has 1 aliphatic rings. The number of anilines is 1. The van der Waals surface area contributed by atoms with Gasteiger partial charge in [0, 0.05) is 0 Å². The highest BCUT2D eigenvalue weighted by atomic mass is 32.1. The first-order chi connectivity index (χ1) is 14.1. The predicted molar refractivity (Wildman–Crippen MR) is 99.2 cm³/mol. The lowest BCUT2D eigenvalue weighted by Crippen LogP contribution is -2.21. The van der Waals surface area contributed by atoms with Crippen molar-refractivity contribution in [1.82, 2.24) is 14.6 Å². The highest BCUT2D eigenvalue weighted by Gasteiger charge is 2.38. The summed E-state index contributed by atoms with van der Waals surface area (Å²) in [6, 6.07) is 6.26. The monoisotopic (exact) mass is 444 g/mol. The van der Waals surface area contributed by atoms with E-state index in [1.807, 2.05) is 12.1 Å². The van der Waals surface area contributed by atoms with Crippen LogP contribution < -0.4 is 10.1 Å². The van der Waals surface area contributed by atoms with Crippen LogP contribution in [0.1, 0.15) is 34.1 Å². The van der Waals surface area contributed by atoms with Gasteiger partial charge in [0.2, 0.25) is 5.13 Å². The normalized spacial score (nSPS) is 15.3. The fourth-order valence-corrected chi connectivity index (χ4v) is 3.85. The molecule has 1 aromatic carbocycles. The van der Waals surface area contributed by atoms with Crippen molar-refractivity contribution in [1.29, 1.82) is 0 Å². The number of carboxylic acid groups (broad SMARTS) is 2. The molecule has 2 aromatic heterocycles. The Labute approximate surface area is 170 Å². The number of aliphatic carboxylic acids is 1. The topological polar surface area (TPSA) is 126 Å². The lowest BCUT2D eigenvalue weighted by molar-refractivity contribution is -0.192. The second kappa shape index (κ2) is 8.18. The summed E-state index contributed by atoms with van der Waals surface area (Å²) >= 11 is 1.30. The molecule has 2 heterocycles. The molecule has 0 spiro atoms. The number of nitrogens with one attached hydrogen (secondary N) is 1. The van der Waals surface area contributed by atoms with E-state index in [0.717, 1.165) is 18.6 Å². The number of aromatic carboxylic acids is 1. The second-order valence-electron chi connectivity index (χ2n) is 6.16. The van der Waals surface area contributed by atoms with Gasteiger partial charge in [0.15, 0.2) is 10.5 Å². The molecule has 0 radical (unpaired) electrons. The molecule has 4 rings (SSSR count). The number of halogens is 3. The van der Waals surface area contributed by atoms with Gasteiger partial charge in [-0.15, -0.1) is 5.10 Å². The fourth-order valence-electron chi connectivity index (χ4n) is 2.92. The van der Waals surface area contributed by atoms with E-state index < -0.39 is 18.1 Å². The summed E-state index contributed by atoms with van der Waals surface area (Å²) in [6.45, 7) is 0. The Bertz CT molecular complexity index is 1090. The average molecular weight is 444 g/mol. The summed E-state index contributed by atoms with van der Waals surface area (Å²) in [5.74, 6) is -2.96. The van der Waals surface area contributed by atoms with Crippen LogP contribution in [0.3, 0.4) is 0 Å². The number of carboxylic acids is 2. The molecule has 1 aliphatic carbocycles. The molecule has 0 saturated carbocycles. The van der Waals surface area contributed by atoms with Crippen LogP contribution in [0.25, 0.3) is 4.83 Å². The van der Waals surface area contributed by atoms with Gasteiger partial charge in [0.1, 0.15) is 12.1 Å². The number of carbonyl (C=O) groups is 2. The van der Waals surface area contributed by atoms with Gasteiger partial charge >= 0.3 is 18.1 Å². The number of hydrogen-bond donors (Lipinski definition) is 3. The number of aromatic nitrogens is 3. The number of aryl methyl sites for hydroxylation is 1. The minimum Gasteiger partial charge on any atom is -0.497 e.